The number of carbonyl (C=O) groups is 1. The van der Waals surface area contributed by atoms with Crippen LogP contribution in [0.2, 0.25) is 0 Å². The van der Waals surface area contributed by atoms with Crippen molar-refractivity contribution in [2.45, 2.75) is 33.4 Å². The highest BCUT2D eigenvalue weighted by Gasteiger charge is 2.10. The van der Waals surface area contributed by atoms with Crippen LogP contribution in [0.3, 0.4) is 0 Å². The molecule has 0 aliphatic carbocycles. The zero-order chi connectivity index (χ0) is 17.0. The van der Waals surface area contributed by atoms with E-state index in [2.05, 4.69) is 64.0 Å². The average Bonchev–Trinajstić information content (AvgIpc) is 2.89. The van der Waals surface area contributed by atoms with Crippen LogP contribution in [0.25, 0.3) is 0 Å². The summed E-state index contributed by atoms with van der Waals surface area (Å²) in [5.74, 6) is 0. The molecule has 0 radical (unpaired) electrons. The molecular formula is C16H21IN4OS. The number of carbonyl (C=O) groups excluding carboxylic acids is 1. The molecule has 0 fully saturated rings. The predicted molar refractivity (Wildman–Crippen MR) is 105 cm³/mol. The topological polar surface area (TPSA) is 57.3 Å². The number of hydrogen-bond acceptors (Lipinski definition) is 4. The summed E-state index contributed by atoms with van der Waals surface area (Å²) in [7, 11) is 2.06. The van der Waals surface area contributed by atoms with Gasteiger partial charge in [0.25, 0.3) is 0 Å². The third kappa shape index (κ3) is 5.43. The van der Waals surface area contributed by atoms with Gasteiger partial charge in [0, 0.05) is 27.2 Å². The molecule has 0 aliphatic heterocycles. The Bertz CT molecular complexity index is 686. The van der Waals surface area contributed by atoms with E-state index in [4.69, 9.17) is 0 Å². The Balaban J connectivity index is 1.92. The molecule has 0 spiro atoms. The number of benzene rings is 1. The summed E-state index contributed by atoms with van der Waals surface area (Å²) in [6.45, 7) is 7.09. The average molecular weight is 444 g/mol. The minimum Gasteiger partial charge on any atom is -0.308 e. The molecule has 0 aliphatic rings. The summed E-state index contributed by atoms with van der Waals surface area (Å²) in [5.41, 5.74) is 2.93. The Morgan fingerprint density at radius 3 is 2.78 bits per heavy atom. The molecule has 1 heterocycles. The lowest BCUT2D eigenvalue weighted by Gasteiger charge is -2.19. The van der Waals surface area contributed by atoms with Crippen LogP contribution in [-0.4, -0.2) is 29.0 Å². The maximum absolute atomic E-state index is 12.0. The summed E-state index contributed by atoms with van der Waals surface area (Å²) in [6.07, 6.45) is 0. The van der Waals surface area contributed by atoms with Crippen LogP contribution in [0.1, 0.15) is 25.1 Å². The van der Waals surface area contributed by atoms with Crippen LogP contribution in [0.15, 0.2) is 23.6 Å². The molecule has 124 valence electrons. The zero-order valence-corrected chi connectivity index (χ0v) is 16.7. The fourth-order valence-corrected chi connectivity index (χ4v) is 3.02. The van der Waals surface area contributed by atoms with Crippen molar-refractivity contribution in [3.05, 3.63) is 38.4 Å². The van der Waals surface area contributed by atoms with Gasteiger partial charge in [0.2, 0.25) is 0 Å². The molecule has 2 aromatic rings. The number of urea groups is 1. The Labute approximate surface area is 154 Å². The van der Waals surface area contributed by atoms with Crippen LogP contribution in [0.5, 0.6) is 0 Å². The van der Waals surface area contributed by atoms with E-state index in [9.17, 15) is 4.79 Å². The van der Waals surface area contributed by atoms with E-state index in [1.54, 1.807) is 0 Å². The Morgan fingerprint density at radius 1 is 1.39 bits per heavy atom. The van der Waals surface area contributed by atoms with E-state index >= 15 is 0 Å². The summed E-state index contributed by atoms with van der Waals surface area (Å²) in [5, 5.41) is 8.20. The molecule has 0 saturated carbocycles. The first kappa shape index (κ1) is 18.2. The van der Waals surface area contributed by atoms with Gasteiger partial charge in [-0.05, 0) is 68.1 Å². The summed E-state index contributed by atoms with van der Waals surface area (Å²) < 4.78 is 1.12. The highest BCUT2D eigenvalue weighted by molar-refractivity contribution is 14.1. The molecule has 7 heteroatoms. The minimum absolute atomic E-state index is 0.275. The van der Waals surface area contributed by atoms with Crippen molar-refractivity contribution >= 4 is 50.8 Å². The van der Waals surface area contributed by atoms with E-state index in [1.165, 1.54) is 16.9 Å². The van der Waals surface area contributed by atoms with E-state index in [0.717, 1.165) is 21.5 Å². The van der Waals surface area contributed by atoms with Crippen LogP contribution < -0.4 is 10.6 Å². The first-order chi connectivity index (χ1) is 10.8. The number of aromatic nitrogens is 1. The van der Waals surface area contributed by atoms with Gasteiger partial charge in [-0.1, -0.05) is 6.07 Å². The molecule has 0 atom stereocenters. The van der Waals surface area contributed by atoms with Gasteiger partial charge < -0.3 is 5.32 Å². The van der Waals surface area contributed by atoms with Crippen LogP contribution in [0, 0.1) is 10.5 Å². The maximum Gasteiger partial charge on any atom is 0.325 e. The molecule has 5 nitrogen and oxygen atoms in total. The van der Waals surface area contributed by atoms with Gasteiger partial charge in [0.05, 0.1) is 5.69 Å². The molecule has 1 aromatic carbocycles. The van der Waals surface area contributed by atoms with Crippen molar-refractivity contribution in [1.29, 1.82) is 0 Å². The van der Waals surface area contributed by atoms with Crippen molar-refractivity contribution in [3.8, 4) is 0 Å². The lowest BCUT2D eigenvalue weighted by Crippen LogP contribution is -2.25. The van der Waals surface area contributed by atoms with Gasteiger partial charge in [-0.25, -0.2) is 9.78 Å². The SMILES string of the molecule is Cc1ccc(NC(=O)Nc2nc(CN(C)C(C)C)cs2)cc1I. The smallest absolute Gasteiger partial charge is 0.308 e. The van der Waals surface area contributed by atoms with Gasteiger partial charge in [-0.2, -0.15) is 0 Å². The minimum atomic E-state index is -0.275. The van der Waals surface area contributed by atoms with E-state index in [0.29, 0.717) is 11.2 Å². The Kier molecular flexibility index (Phi) is 6.37. The van der Waals surface area contributed by atoms with E-state index < -0.39 is 0 Å². The van der Waals surface area contributed by atoms with Crippen LogP contribution in [0.4, 0.5) is 15.6 Å². The van der Waals surface area contributed by atoms with Gasteiger partial charge in [-0.3, -0.25) is 10.2 Å². The fourth-order valence-electron chi connectivity index (χ4n) is 1.81. The number of anilines is 2. The maximum atomic E-state index is 12.0. The number of thiazole rings is 1. The Morgan fingerprint density at radius 2 is 2.13 bits per heavy atom. The molecule has 2 N–H and O–H groups in total. The summed E-state index contributed by atoms with van der Waals surface area (Å²) >= 11 is 3.69. The van der Waals surface area contributed by atoms with E-state index in [-0.39, 0.29) is 6.03 Å². The quantitative estimate of drug-likeness (QED) is 0.666. The summed E-state index contributed by atoms with van der Waals surface area (Å²) in [4.78, 5) is 18.7. The first-order valence-corrected chi connectivity index (χ1v) is 9.30. The summed E-state index contributed by atoms with van der Waals surface area (Å²) in [6, 6.07) is 6.01. The van der Waals surface area contributed by atoms with Crippen LogP contribution in [-0.2, 0) is 6.54 Å². The molecule has 1 aromatic heterocycles. The lowest BCUT2D eigenvalue weighted by atomic mass is 10.2. The number of nitrogens with one attached hydrogen (secondary N) is 2. The molecule has 23 heavy (non-hydrogen) atoms. The number of halogens is 1. The largest absolute Gasteiger partial charge is 0.325 e. The molecule has 0 unspecified atom stereocenters. The number of hydrogen-bond donors (Lipinski definition) is 2. The Hall–Kier alpha value is -1.19. The van der Waals surface area contributed by atoms with Gasteiger partial charge in [0.15, 0.2) is 5.13 Å². The molecule has 2 amide bonds. The predicted octanol–water partition coefficient (Wildman–Crippen LogP) is 4.54. The lowest BCUT2D eigenvalue weighted by molar-refractivity contribution is 0.261. The second-order valence-corrected chi connectivity index (χ2v) is 7.72. The van der Waals surface area contributed by atoms with Gasteiger partial charge in [-0.15, -0.1) is 11.3 Å². The molecular weight excluding hydrogens is 423 g/mol. The highest BCUT2D eigenvalue weighted by atomic mass is 127. The fraction of sp³-hybridized carbons (Fsp3) is 0.375. The second-order valence-electron chi connectivity index (χ2n) is 5.70. The van der Waals surface area contributed by atoms with Gasteiger partial charge in [0.1, 0.15) is 0 Å². The molecule has 0 bridgehead atoms. The third-order valence-corrected chi connectivity index (χ3v) is 5.46. The number of nitrogens with zero attached hydrogens (tertiary/aromatic N) is 2. The normalized spacial score (nSPS) is 11.1. The van der Waals surface area contributed by atoms with Crippen molar-refractivity contribution in [2.24, 2.45) is 0 Å². The van der Waals surface area contributed by atoms with Crippen molar-refractivity contribution < 1.29 is 4.79 Å². The monoisotopic (exact) mass is 444 g/mol. The number of rotatable bonds is 5. The van der Waals surface area contributed by atoms with Gasteiger partial charge >= 0.3 is 6.03 Å². The van der Waals surface area contributed by atoms with Crippen molar-refractivity contribution in [1.82, 2.24) is 9.88 Å². The molecule has 0 saturated heterocycles. The molecule has 2 rings (SSSR count). The third-order valence-electron chi connectivity index (χ3n) is 3.49. The second kappa shape index (κ2) is 8.07. The van der Waals surface area contributed by atoms with Crippen molar-refractivity contribution in [3.63, 3.8) is 0 Å². The van der Waals surface area contributed by atoms with Crippen molar-refractivity contribution in [2.75, 3.05) is 17.7 Å². The van der Waals surface area contributed by atoms with Crippen LogP contribution >= 0.6 is 33.9 Å². The first-order valence-electron chi connectivity index (χ1n) is 7.34. The zero-order valence-electron chi connectivity index (χ0n) is 13.7. The van der Waals surface area contributed by atoms with E-state index in [1.807, 2.05) is 30.5 Å². The highest BCUT2D eigenvalue weighted by Crippen LogP contribution is 2.19. The standard InChI is InChI=1S/C16H21IN4OS/c1-10(2)21(4)8-13-9-23-16(19-13)20-15(22)18-12-6-5-11(3)14(17)7-12/h5-7,9-10H,8H2,1-4H3,(H2,18,19,20,22). The number of aryl methyl sites for hydroxylation is 1. The number of amides is 2.